The van der Waals surface area contributed by atoms with E-state index < -0.39 is 0 Å². The van der Waals surface area contributed by atoms with Crippen molar-refractivity contribution in [2.75, 3.05) is 13.2 Å². The molecular weight excluding hydrogens is 294 g/mol. The molecule has 0 radical (unpaired) electrons. The number of rotatable bonds is 13. The zero-order chi connectivity index (χ0) is 18.0. The topological polar surface area (TPSA) is 21.3 Å². The normalized spacial score (nSPS) is 11.5. The van der Waals surface area contributed by atoms with Crippen LogP contribution in [0.15, 0.2) is 24.3 Å². The molecule has 0 saturated carbocycles. The minimum Gasteiger partial charge on any atom is -0.494 e. The van der Waals surface area contributed by atoms with Crippen LogP contribution >= 0.6 is 0 Å². The first-order valence-electron chi connectivity index (χ1n) is 10.2. The van der Waals surface area contributed by atoms with E-state index in [-0.39, 0.29) is 0 Å². The van der Waals surface area contributed by atoms with E-state index in [4.69, 9.17) is 4.74 Å². The quantitative estimate of drug-likeness (QED) is 0.411. The highest BCUT2D eigenvalue weighted by Crippen LogP contribution is 2.14. The molecule has 0 spiro atoms. The van der Waals surface area contributed by atoms with E-state index >= 15 is 0 Å². The summed E-state index contributed by atoms with van der Waals surface area (Å²) in [5, 5.41) is 3.53. The Morgan fingerprint density at radius 2 is 1.54 bits per heavy atom. The number of hydrogen-bond donors (Lipinski definition) is 1. The highest BCUT2D eigenvalue weighted by molar-refractivity contribution is 5.27. The van der Waals surface area contributed by atoms with E-state index in [2.05, 4.69) is 43.4 Å². The molecule has 0 fully saturated rings. The van der Waals surface area contributed by atoms with Gasteiger partial charge in [-0.05, 0) is 43.5 Å². The van der Waals surface area contributed by atoms with Gasteiger partial charge in [0.05, 0.1) is 6.61 Å². The summed E-state index contributed by atoms with van der Waals surface area (Å²) in [6.45, 7) is 13.5. The molecule has 0 bridgehead atoms. The monoisotopic (exact) mass is 335 g/mol. The van der Waals surface area contributed by atoms with Crippen molar-refractivity contribution >= 4 is 0 Å². The highest BCUT2D eigenvalue weighted by atomic mass is 16.5. The molecule has 24 heavy (non-hydrogen) atoms. The molecule has 0 aliphatic carbocycles. The van der Waals surface area contributed by atoms with Crippen molar-refractivity contribution in [1.82, 2.24) is 5.32 Å². The summed E-state index contributed by atoms with van der Waals surface area (Å²) >= 11 is 0. The Bertz CT molecular complexity index is 361. The van der Waals surface area contributed by atoms with E-state index in [9.17, 15) is 0 Å². The second-order valence-corrected chi connectivity index (χ2v) is 6.32. The summed E-state index contributed by atoms with van der Waals surface area (Å²) in [5.74, 6) is 1.87. The van der Waals surface area contributed by atoms with Crippen molar-refractivity contribution in [3.63, 3.8) is 0 Å². The summed E-state index contributed by atoms with van der Waals surface area (Å²) in [5.41, 5.74) is 1.33. The Kier molecular flexibility index (Phi) is 16.1. The lowest BCUT2D eigenvalue weighted by molar-refractivity contribution is 0.340. The lowest BCUT2D eigenvalue weighted by Gasteiger charge is -2.08. The number of ether oxygens (including phenoxy) is 1. The summed E-state index contributed by atoms with van der Waals surface area (Å²) in [4.78, 5) is 0. The Labute approximate surface area is 151 Å². The largest absolute Gasteiger partial charge is 0.494 e. The first kappa shape index (κ1) is 23.0. The first-order valence-corrected chi connectivity index (χ1v) is 10.2. The van der Waals surface area contributed by atoms with Gasteiger partial charge in [-0.3, -0.25) is 0 Å². The molecule has 1 aromatic rings. The summed E-state index contributed by atoms with van der Waals surface area (Å²) in [7, 11) is 0. The average Bonchev–Trinajstić information content (AvgIpc) is 2.63. The molecule has 140 valence electrons. The molecule has 1 N–H and O–H groups in total. The van der Waals surface area contributed by atoms with Crippen molar-refractivity contribution in [3.05, 3.63) is 29.8 Å². The summed E-state index contributed by atoms with van der Waals surface area (Å²) < 4.78 is 5.45. The Morgan fingerprint density at radius 3 is 2.17 bits per heavy atom. The number of unbranched alkanes of at least 4 members (excludes halogenated alkanes) is 4. The lowest BCUT2D eigenvalue weighted by atomic mass is 10.00. The van der Waals surface area contributed by atoms with Crippen molar-refractivity contribution in [3.8, 4) is 5.75 Å². The maximum atomic E-state index is 5.45. The second-order valence-electron chi connectivity index (χ2n) is 6.32. The third-order valence-corrected chi connectivity index (χ3v) is 4.31. The Balaban J connectivity index is 0.00000254. The van der Waals surface area contributed by atoms with Crippen molar-refractivity contribution in [2.24, 2.45) is 5.92 Å². The van der Waals surface area contributed by atoms with Crippen molar-refractivity contribution < 1.29 is 4.74 Å². The van der Waals surface area contributed by atoms with Gasteiger partial charge in [0, 0.05) is 6.54 Å². The molecule has 1 aromatic carbocycles. The zero-order valence-corrected chi connectivity index (χ0v) is 16.9. The van der Waals surface area contributed by atoms with Gasteiger partial charge >= 0.3 is 0 Å². The third-order valence-electron chi connectivity index (χ3n) is 4.31. The third kappa shape index (κ3) is 12.4. The zero-order valence-electron chi connectivity index (χ0n) is 16.9. The van der Waals surface area contributed by atoms with Crippen LogP contribution in [0.2, 0.25) is 0 Å². The molecular formula is C22H41NO. The van der Waals surface area contributed by atoms with Crippen molar-refractivity contribution in [1.29, 1.82) is 0 Å². The summed E-state index contributed by atoms with van der Waals surface area (Å²) in [6, 6.07) is 8.40. The van der Waals surface area contributed by atoms with Gasteiger partial charge in [-0.2, -0.15) is 0 Å². The SMILES string of the molecule is CC.CCOc1ccc(CNCCCCCCCC(C)CC)cc1. The molecule has 1 atom stereocenters. The van der Waals surface area contributed by atoms with Crippen molar-refractivity contribution in [2.45, 2.75) is 86.1 Å². The van der Waals surface area contributed by atoms with Gasteiger partial charge in [0.25, 0.3) is 0 Å². The molecule has 0 saturated heterocycles. The fraction of sp³-hybridized carbons (Fsp3) is 0.727. The van der Waals surface area contributed by atoms with Gasteiger partial charge in [0.15, 0.2) is 0 Å². The van der Waals surface area contributed by atoms with Crippen LogP contribution in [0.1, 0.15) is 85.1 Å². The molecule has 2 nitrogen and oxygen atoms in total. The van der Waals surface area contributed by atoms with Gasteiger partial charge in [-0.15, -0.1) is 0 Å². The predicted molar refractivity (Wildman–Crippen MR) is 108 cm³/mol. The minimum atomic E-state index is 0.731. The van der Waals surface area contributed by atoms with Gasteiger partial charge in [0.1, 0.15) is 5.75 Å². The van der Waals surface area contributed by atoms with E-state index in [1.165, 1.54) is 50.5 Å². The van der Waals surface area contributed by atoms with Crippen LogP contribution in [0.3, 0.4) is 0 Å². The maximum absolute atomic E-state index is 5.45. The number of hydrogen-bond acceptors (Lipinski definition) is 2. The van der Waals surface area contributed by atoms with Crippen LogP contribution in [-0.4, -0.2) is 13.2 Å². The van der Waals surface area contributed by atoms with Gasteiger partial charge in [0.2, 0.25) is 0 Å². The fourth-order valence-electron chi connectivity index (χ4n) is 2.58. The lowest BCUT2D eigenvalue weighted by Crippen LogP contribution is -2.14. The first-order chi connectivity index (χ1) is 11.8. The van der Waals surface area contributed by atoms with Crippen LogP contribution in [-0.2, 0) is 6.54 Å². The number of nitrogens with one attached hydrogen (secondary N) is 1. The van der Waals surface area contributed by atoms with Crippen LogP contribution in [0.5, 0.6) is 5.75 Å². The molecule has 0 aromatic heterocycles. The van der Waals surface area contributed by atoms with E-state index in [0.717, 1.165) is 31.4 Å². The Morgan fingerprint density at radius 1 is 0.917 bits per heavy atom. The van der Waals surface area contributed by atoms with Crippen LogP contribution in [0.25, 0.3) is 0 Å². The van der Waals surface area contributed by atoms with Crippen LogP contribution in [0, 0.1) is 5.92 Å². The molecule has 0 amide bonds. The number of benzene rings is 1. The molecule has 0 heterocycles. The standard InChI is InChI=1S/C20H35NO.C2H6/c1-4-18(3)11-9-7-6-8-10-16-21-17-19-12-14-20(15-13-19)22-5-2;1-2/h12-15,18,21H,4-11,16-17H2,1-3H3;1-2H3. The molecule has 0 aliphatic heterocycles. The van der Waals surface area contributed by atoms with Crippen LogP contribution in [0.4, 0.5) is 0 Å². The fourth-order valence-corrected chi connectivity index (χ4v) is 2.58. The predicted octanol–water partition coefficient (Wildman–Crippen LogP) is 6.59. The van der Waals surface area contributed by atoms with E-state index in [1.54, 1.807) is 0 Å². The minimum absolute atomic E-state index is 0.731. The molecule has 1 unspecified atom stereocenters. The average molecular weight is 336 g/mol. The van der Waals surface area contributed by atoms with Gasteiger partial charge < -0.3 is 10.1 Å². The Hall–Kier alpha value is -1.02. The smallest absolute Gasteiger partial charge is 0.119 e. The van der Waals surface area contributed by atoms with Gasteiger partial charge in [-0.1, -0.05) is 78.4 Å². The van der Waals surface area contributed by atoms with Crippen LogP contribution < -0.4 is 10.1 Å². The second kappa shape index (κ2) is 16.8. The highest BCUT2D eigenvalue weighted by Gasteiger charge is 1.98. The molecule has 0 aliphatic rings. The van der Waals surface area contributed by atoms with E-state index in [1.807, 2.05) is 20.8 Å². The van der Waals surface area contributed by atoms with E-state index in [0.29, 0.717) is 0 Å². The van der Waals surface area contributed by atoms with Gasteiger partial charge in [-0.25, -0.2) is 0 Å². The molecule has 2 heteroatoms. The maximum Gasteiger partial charge on any atom is 0.119 e. The summed E-state index contributed by atoms with van der Waals surface area (Å²) in [6.07, 6.45) is 9.60. The molecule has 1 rings (SSSR count).